The van der Waals surface area contributed by atoms with Gasteiger partial charge in [0.05, 0.1) is 5.41 Å². The van der Waals surface area contributed by atoms with Crippen molar-refractivity contribution < 1.29 is 25.8 Å². The van der Waals surface area contributed by atoms with Crippen molar-refractivity contribution in [3.05, 3.63) is 295 Å². The van der Waals surface area contributed by atoms with E-state index < -0.39 is 5.41 Å². The van der Waals surface area contributed by atoms with Gasteiger partial charge in [0.1, 0.15) is 5.82 Å². The fraction of sp³-hybridized carbons (Fsp3) is 0.120. The molecule has 3 heterocycles. The maximum atomic E-state index is 6.79. The summed E-state index contributed by atoms with van der Waals surface area (Å²) >= 11 is 0. The predicted octanol–water partition coefficient (Wildman–Crippen LogP) is 19.3. The number of anilines is 4. The first-order valence-corrected chi connectivity index (χ1v) is 27.7. The quantitative estimate of drug-likeness (QED) is 0.135. The molecule has 0 spiro atoms. The van der Waals surface area contributed by atoms with Crippen LogP contribution >= 0.6 is 0 Å². The van der Waals surface area contributed by atoms with Crippen molar-refractivity contribution in [2.45, 2.75) is 57.8 Å². The summed E-state index contributed by atoms with van der Waals surface area (Å²) in [5.74, 6) is 2.01. The minimum absolute atomic E-state index is 0. The van der Waals surface area contributed by atoms with Crippen LogP contribution in [0.1, 0.15) is 74.9 Å². The fourth-order valence-electron chi connectivity index (χ4n) is 12.4. The summed E-state index contributed by atoms with van der Waals surface area (Å²) in [4.78, 5) is 9.52. The van der Waals surface area contributed by atoms with Crippen molar-refractivity contribution >= 4 is 44.6 Å². The average molecular weight is 1230 g/mol. The molecule has 14 rings (SSSR count). The number of hydrogen-bond donors (Lipinski definition) is 0. The van der Waals surface area contributed by atoms with Gasteiger partial charge in [0.25, 0.3) is 0 Å². The molecule has 0 bridgehead atoms. The number of aromatic nitrogens is 2. The van der Waals surface area contributed by atoms with E-state index in [1.165, 1.54) is 44.5 Å². The van der Waals surface area contributed by atoms with Gasteiger partial charge in [0.2, 0.25) is 0 Å². The topological polar surface area (TPSA) is 33.5 Å². The van der Waals surface area contributed by atoms with Crippen molar-refractivity contribution in [2.75, 3.05) is 9.80 Å². The molecule has 1 aliphatic carbocycles. The molecule has 0 fully saturated rings. The van der Waals surface area contributed by atoms with Gasteiger partial charge in [-0.15, -0.1) is 48.1 Å². The third kappa shape index (κ3) is 8.69. The Labute approximate surface area is 490 Å². The van der Waals surface area contributed by atoms with Gasteiger partial charge in [0.15, 0.2) is 0 Å². The van der Waals surface area contributed by atoms with E-state index in [2.05, 4.69) is 293 Å². The predicted molar refractivity (Wildman–Crippen MR) is 330 cm³/mol. The van der Waals surface area contributed by atoms with Crippen LogP contribution in [-0.4, -0.2) is 9.55 Å². The van der Waals surface area contributed by atoms with Gasteiger partial charge in [-0.3, -0.25) is 0 Å². The molecule has 2 aliphatic rings. The Kier molecular flexibility index (Phi) is 12.8. The summed E-state index contributed by atoms with van der Waals surface area (Å²) in [5, 5.41) is 2.22. The molecule has 0 saturated carbocycles. The standard InChI is InChI=1S/C75H59N4O.Pt/c1-73(2,3)53-37-40-66-64(43-53)59-31-16-18-33-65(59)75(66,52-27-14-9-15-28-52)55-44-62(50-23-10-7-11-24-50)72(63(45-55)51-25-12-8-13-26-51)78-49-77(68-35-20-21-36-69(68)78)56-29-22-30-57(47-56)80-58-38-39-61-60-32-17-19-34-67(60)79(70(61)48-58)71-46-54(41-42-76-71)74(4,5)6;/h7-46,49H,1-6H3;/q-3;. The Hall–Kier alpha value is -8.76. The Morgan fingerprint density at radius 2 is 1.05 bits per heavy atom. The second-order valence-electron chi connectivity index (χ2n) is 23.3. The Balaban J connectivity index is 0.00000618. The molecule has 0 N–H and O–H groups in total. The van der Waals surface area contributed by atoms with Crippen LogP contribution in [0.4, 0.5) is 22.7 Å². The van der Waals surface area contributed by atoms with Crippen molar-refractivity contribution in [1.29, 1.82) is 0 Å². The van der Waals surface area contributed by atoms with E-state index in [1.807, 2.05) is 24.4 Å². The van der Waals surface area contributed by atoms with E-state index in [-0.39, 0.29) is 31.9 Å². The molecule has 1 aliphatic heterocycles. The number of rotatable bonds is 9. The minimum Gasteiger partial charge on any atom is -0.509 e. The van der Waals surface area contributed by atoms with E-state index in [1.54, 1.807) is 0 Å². The molecular formula is C75H59N4OPt-3. The van der Waals surface area contributed by atoms with Crippen molar-refractivity contribution in [3.8, 4) is 50.7 Å². The zero-order valence-corrected chi connectivity index (χ0v) is 48.5. The Morgan fingerprint density at radius 3 is 1.75 bits per heavy atom. The van der Waals surface area contributed by atoms with Gasteiger partial charge < -0.3 is 19.1 Å². The zero-order valence-electron chi connectivity index (χ0n) is 46.2. The van der Waals surface area contributed by atoms with E-state index in [9.17, 15) is 0 Å². The average Bonchev–Trinajstić information content (AvgIpc) is 4.33. The van der Waals surface area contributed by atoms with Crippen molar-refractivity contribution in [1.82, 2.24) is 9.55 Å². The summed E-state index contributed by atoms with van der Waals surface area (Å²) < 4.78 is 8.99. The molecule has 5 nitrogen and oxygen atoms in total. The second-order valence-corrected chi connectivity index (χ2v) is 23.3. The molecule has 1 unspecified atom stereocenters. The molecule has 81 heavy (non-hydrogen) atoms. The number of pyridine rings is 1. The SMILES string of the molecule is CC(C)(C)c1ccnc(-n2c3[c-]c(Oc4[c-]c(N5[CH-]N(c6c(-c7ccccc7)cc(C7(c8ccccc8)c8ccccc8-c8cc(C(C)(C)C)ccc87)cc6-c6ccccc6)c6ccccc65)ccc4)ccc3c3ccccc32)c1.[Pt]. The molecule has 0 radical (unpaired) electrons. The maximum absolute atomic E-state index is 6.79. The van der Waals surface area contributed by atoms with Crippen LogP contribution in [-0.2, 0) is 37.3 Å². The van der Waals surface area contributed by atoms with Gasteiger partial charge in [-0.25, -0.2) is 4.98 Å². The monoisotopic (exact) mass is 1230 g/mol. The van der Waals surface area contributed by atoms with Gasteiger partial charge in [-0.1, -0.05) is 211 Å². The van der Waals surface area contributed by atoms with Crippen molar-refractivity contribution in [2.24, 2.45) is 0 Å². The molecule has 398 valence electrons. The molecule has 2 aromatic heterocycles. The van der Waals surface area contributed by atoms with Gasteiger partial charge in [-0.2, -0.15) is 12.1 Å². The smallest absolute Gasteiger partial charge is 0.135 e. The van der Waals surface area contributed by atoms with Crippen LogP contribution in [0.3, 0.4) is 0 Å². The molecule has 6 heteroatoms. The molecular weight excluding hydrogens is 1170 g/mol. The van der Waals surface area contributed by atoms with Crippen LogP contribution in [0.25, 0.3) is 61.0 Å². The molecule has 12 aromatic rings. The minimum atomic E-state index is -0.643. The maximum Gasteiger partial charge on any atom is 0.135 e. The number of hydrogen-bond acceptors (Lipinski definition) is 4. The van der Waals surface area contributed by atoms with E-state index in [0.717, 1.165) is 72.6 Å². The summed E-state index contributed by atoms with van der Waals surface area (Å²) in [6, 6.07) is 93.3. The van der Waals surface area contributed by atoms with Gasteiger partial charge in [0, 0.05) is 72.5 Å². The number of nitrogens with zero attached hydrogens (tertiary/aromatic N) is 4. The van der Waals surface area contributed by atoms with E-state index in [0.29, 0.717) is 11.5 Å². The first-order chi connectivity index (χ1) is 38.9. The van der Waals surface area contributed by atoms with Crippen LogP contribution in [0.5, 0.6) is 11.5 Å². The fourth-order valence-corrected chi connectivity index (χ4v) is 12.4. The third-order valence-electron chi connectivity index (χ3n) is 16.3. The Morgan fingerprint density at radius 1 is 0.457 bits per heavy atom. The molecule has 0 amide bonds. The van der Waals surface area contributed by atoms with E-state index in [4.69, 9.17) is 9.72 Å². The summed E-state index contributed by atoms with van der Waals surface area (Å²) in [6.45, 7) is 15.8. The normalized spacial score (nSPS) is 14.6. The first kappa shape index (κ1) is 51.7. The molecule has 1 atom stereocenters. The zero-order chi connectivity index (χ0) is 54.3. The molecule has 10 aromatic carbocycles. The number of benzene rings is 10. The summed E-state index contributed by atoms with van der Waals surface area (Å²) in [6.07, 6.45) is 1.91. The second kappa shape index (κ2) is 20.1. The van der Waals surface area contributed by atoms with Crippen LogP contribution < -0.4 is 14.5 Å². The largest absolute Gasteiger partial charge is 0.509 e. The number of ether oxygens (including phenoxy) is 1. The summed E-state index contributed by atoms with van der Waals surface area (Å²) in [5.41, 5.74) is 19.8. The van der Waals surface area contributed by atoms with Gasteiger partial charge >= 0.3 is 0 Å². The number of para-hydroxylation sites is 3. The molecule has 0 saturated heterocycles. The van der Waals surface area contributed by atoms with E-state index >= 15 is 0 Å². The van der Waals surface area contributed by atoms with Crippen LogP contribution in [0, 0.1) is 18.8 Å². The Bertz CT molecular complexity index is 4280. The van der Waals surface area contributed by atoms with Crippen molar-refractivity contribution in [3.63, 3.8) is 0 Å². The number of fused-ring (bicyclic) bond motifs is 7. The van der Waals surface area contributed by atoms with Crippen LogP contribution in [0.15, 0.2) is 243 Å². The summed E-state index contributed by atoms with van der Waals surface area (Å²) in [7, 11) is 0. The van der Waals surface area contributed by atoms with Gasteiger partial charge in [-0.05, 0) is 114 Å². The van der Waals surface area contributed by atoms with Crippen LogP contribution in [0.2, 0.25) is 0 Å². The third-order valence-corrected chi connectivity index (χ3v) is 16.3. The first-order valence-electron chi connectivity index (χ1n) is 27.7.